The first-order valence-corrected chi connectivity index (χ1v) is 10.7. The number of ether oxygens (including phenoxy) is 1. The number of halogens is 1. The summed E-state index contributed by atoms with van der Waals surface area (Å²) in [5.41, 5.74) is 1.04. The SMILES string of the molecule is Cc1nc(N2CCC(N(C)c3ccnc(N4CCOCC4)n3)CC2)ccc1Br. The minimum Gasteiger partial charge on any atom is -0.378 e. The van der Waals surface area contributed by atoms with E-state index < -0.39 is 0 Å². The van der Waals surface area contributed by atoms with Gasteiger partial charge in [0.1, 0.15) is 11.6 Å². The number of hydrogen-bond acceptors (Lipinski definition) is 7. The smallest absolute Gasteiger partial charge is 0.227 e. The molecular weight excluding hydrogens is 420 g/mol. The Morgan fingerprint density at radius 1 is 1.04 bits per heavy atom. The van der Waals surface area contributed by atoms with E-state index in [1.807, 2.05) is 19.2 Å². The molecule has 2 aromatic heterocycles. The number of piperidine rings is 1. The summed E-state index contributed by atoms with van der Waals surface area (Å²) in [5, 5.41) is 0. The molecule has 2 aliphatic rings. The van der Waals surface area contributed by atoms with Gasteiger partial charge in [0.05, 0.1) is 18.9 Å². The zero-order valence-corrected chi connectivity index (χ0v) is 18.1. The van der Waals surface area contributed by atoms with Gasteiger partial charge < -0.3 is 19.4 Å². The van der Waals surface area contributed by atoms with Crippen molar-refractivity contribution in [2.45, 2.75) is 25.8 Å². The fraction of sp³-hybridized carbons (Fsp3) is 0.550. The summed E-state index contributed by atoms with van der Waals surface area (Å²) in [6.45, 7) is 7.23. The Balaban J connectivity index is 1.39. The molecular formula is C20H27BrN6O. The summed E-state index contributed by atoms with van der Waals surface area (Å²) in [5.74, 6) is 2.87. The van der Waals surface area contributed by atoms with Crippen LogP contribution in [-0.4, -0.2) is 67.4 Å². The first kappa shape index (κ1) is 19.4. The highest BCUT2D eigenvalue weighted by atomic mass is 79.9. The van der Waals surface area contributed by atoms with Crippen molar-refractivity contribution in [3.8, 4) is 0 Å². The molecule has 0 amide bonds. The number of morpholine rings is 1. The molecule has 2 aromatic rings. The van der Waals surface area contributed by atoms with Gasteiger partial charge in [0.2, 0.25) is 5.95 Å². The molecule has 0 atom stereocenters. The van der Waals surface area contributed by atoms with Gasteiger partial charge in [-0.2, -0.15) is 4.98 Å². The van der Waals surface area contributed by atoms with Crippen LogP contribution in [0, 0.1) is 6.92 Å². The van der Waals surface area contributed by atoms with E-state index in [0.29, 0.717) is 6.04 Å². The Morgan fingerprint density at radius 3 is 2.50 bits per heavy atom. The van der Waals surface area contributed by atoms with Gasteiger partial charge >= 0.3 is 0 Å². The Labute approximate surface area is 174 Å². The van der Waals surface area contributed by atoms with Gasteiger partial charge in [-0.1, -0.05) is 0 Å². The maximum Gasteiger partial charge on any atom is 0.227 e. The van der Waals surface area contributed by atoms with Crippen molar-refractivity contribution >= 4 is 33.5 Å². The van der Waals surface area contributed by atoms with Gasteiger partial charge in [-0.25, -0.2) is 9.97 Å². The molecule has 0 aliphatic carbocycles. The van der Waals surface area contributed by atoms with Crippen LogP contribution in [0.15, 0.2) is 28.9 Å². The minimum absolute atomic E-state index is 0.472. The number of anilines is 3. The highest BCUT2D eigenvalue weighted by Crippen LogP contribution is 2.26. The molecule has 0 N–H and O–H groups in total. The van der Waals surface area contributed by atoms with Crippen LogP contribution in [-0.2, 0) is 4.74 Å². The van der Waals surface area contributed by atoms with Crippen molar-refractivity contribution in [1.82, 2.24) is 15.0 Å². The van der Waals surface area contributed by atoms with E-state index in [-0.39, 0.29) is 0 Å². The fourth-order valence-electron chi connectivity index (χ4n) is 3.83. The Hall–Kier alpha value is -1.93. The number of pyridine rings is 1. The van der Waals surface area contributed by atoms with E-state index in [0.717, 1.165) is 80.0 Å². The highest BCUT2D eigenvalue weighted by Gasteiger charge is 2.25. The predicted octanol–water partition coefficient (Wildman–Crippen LogP) is 2.88. The average Bonchev–Trinajstić information content (AvgIpc) is 2.76. The lowest BCUT2D eigenvalue weighted by Gasteiger charge is -2.38. The standard InChI is InChI=1S/C20H27BrN6O/c1-15-17(21)3-4-19(23-15)26-9-6-16(7-10-26)25(2)18-5-8-22-20(24-18)27-11-13-28-14-12-27/h3-5,8,16H,6-7,9-14H2,1-2H3. The van der Waals surface area contributed by atoms with Crippen LogP contribution in [0.4, 0.5) is 17.6 Å². The monoisotopic (exact) mass is 446 g/mol. The molecule has 150 valence electrons. The van der Waals surface area contributed by atoms with Gasteiger partial charge in [0.15, 0.2) is 0 Å². The quantitative estimate of drug-likeness (QED) is 0.715. The normalized spacial score (nSPS) is 18.4. The second-order valence-corrected chi connectivity index (χ2v) is 8.23. The molecule has 0 aromatic carbocycles. The number of aryl methyl sites for hydroxylation is 1. The van der Waals surface area contributed by atoms with Crippen LogP contribution < -0.4 is 14.7 Å². The Kier molecular flexibility index (Phi) is 5.96. The summed E-state index contributed by atoms with van der Waals surface area (Å²) in [7, 11) is 2.15. The van der Waals surface area contributed by atoms with Crippen molar-refractivity contribution in [1.29, 1.82) is 0 Å². The van der Waals surface area contributed by atoms with Crippen LogP contribution in [0.1, 0.15) is 18.5 Å². The third-order valence-corrected chi connectivity index (χ3v) is 6.46. The van der Waals surface area contributed by atoms with Crippen molar-refractivity contribution in [3.05, 3.63) is 34.6 Å². The fourth-order valence-corrected chi connectivity index (χ4v) is 4.05. The third-order valence-electron chi connectivity index (χ3n) is 5.63. The average molecular weight is 447 g/mol. The molecule has 0 bridgehead atoms. The molecule has 8 heteroatoms. The predicted molar refractivity (Wildman–Crippen MR) is 115 cm³/mol. The minimum atomic E-state index is 0.472. The zero-order valence-electron chi connectivity index (χ0n) is 16.5. The van der Waals surface area contributed by atoms with Crippen LogP contribution in [0.25, 0.3) is 0 Å². The summed E-state index contributed by atoms with van der Waals surface area (Å²) < 4.78 is 6.50. The van der Waals surface area contributed by atoms with Crippen LogP contribution in [0.2, 0.25) is 0 Å². The van der Waals surface area contributed by atoms with Crippen LogP contribution >= 0.6 is 15.9 Å². The molecule has 0 spiro atoms. The highest BCUT2D eigenvalue weighted by molar-refractivity contribution is 9.10. The molecule has 0 radical (unpaired) electrons. The molecule has 0 unspecified atom stereocenters. The van der Waals surface area contributed by atoms with E-state index in [9.17, 15) is 0 Å². The lowest BCUT2D eigenvalue weighted by molar-refractivity contribution is 0.122. The van der Waals surface area contributed by atoms with Gasteiger partial charge in [-0.05, 0) is 53.9 Å². The van der Waals surface area contributed by atoms with Crippen molar-refractivity contribution in [2.75, 3.05) is 61.1 Å². The number of aromatic nitrogens is 3. The number of nitrogens with zero attached hydrogens (tertiary/aromatic N) is 6. The number of hydrogen-bond donors (Lipinski definition) is 0. The van der Waals surface area contributed by atoms with Crippen molar-refractivity contribution < 1.29 is 4.74 Å². The third kappa shape index (κ3) is 4.22. The molecule has 2 fully saturated rings. The van der Waals surface area contributed by atoms with Gasteiger partial charge in [0.25, 0.3) is 0 Å². The lowest BCUT2D eigenvalue weighted by Crippen LogP contribution is -2.44. The maximum atomic E-state index is 5.43. The maximum absolute atomic E-state index is 5.43. The van der Waals surface area contributed by atoms with E-state index in [1.165, 1.54) is 0 Å². The summed E-state index contributed by atoms with van der Waals surface area (Å²) in [6.07, 6.45) is 4.04. The van der Waals surface area contributed by atoms with Gasteiger partial charge in [-0.3, -0.25) is 0 Å². The molecule has 4 heterocycles. The van der Waals surface area contributed by atoms with E-state index in [4.69, 9.17) is 14.7 Å². The summed E-state index contributed by atoms with van der Waals surface area (Å²) >= 11 is 3.53. The van der Waals surface area contributed by atoms with Crippen molar-refractivity contribution in [2.24, 2.45) is 0 Å². The molecule has 7 nitrogen and oxygen atoms in total. The lowest BCUT2D eigenvalue weighted by atomic mass is 10.0. The van der Waals surface area contributed by atoms with Crippen LogP contribution in [0.5, 0.6) is 0 Å². The largest absolute Gasteiger partial charge is 0.378 e. The van der Waals surface area contributed by atoms with Crippen molar-refractivity contribution in [3.63, 3.8) is 0 Å². The summed E-state index contributed by atoms with van der Waals surface area (Å²) in [4.78, 5) is 20.9. The van der Waals surface area contributed by atoms with Crippen LogP contribution in [0.3, 0.4) is 0 Å². The Morgan fingerprint density at radius 2 is 1.79 bits per heavy atom. The molecule has 2 saturated heterocycles. The molecule has 2 aliphatic heterocycles. The van der Waals surface area contributed by atoms with Gasteiger partial charge in [-0.15, -0.1) is 0 Å². The first-order valence-electron chi connectivity index (χ1n) is 9.88. The zero-order chi connectivity index (χ0) is 19.5. The topological polar surface area (TPSA) is 57.6 Å². The number of rotatable bonds is 4. The molecule has 28 heavy (non-hydrogen) atoms. The Bertz CT molecular complexity index is 805. The second-order valence-electron chi connectivity index (χ2n) is 7.38. The van der Waals surface area contributed by atoms with E-state index >= 15 is 0 Å². The summed E-state index contributed by atoms with van der Waals surface area (Å²) in [6, 6.07) is 6.67. The first-order chi connectivity index (χ1) is 13.6. The van der Waals surface area contributed by atoms with E-state index in [2.05, 4.69) is 54.8 Å². The van der Waals surface area contributed by atoms with E-state index in [1.54, 1.807) is 0 Å². The molecule has 4 rings (SSSR count). The molecule has 0 saturated carbocycles. The van der Waals surface area contributed by atoms with Gasteiger partial charge in [0, 0.05) is 49.9 Å². The second kappa shape index (κ2) is 8.61.